The summed E-state index contributed by atoms with van der Waals surface area (Å²) >= 11 is 4.96. The van der Waals surface area contributed by atoms with Crippen LogP contribution in [-0.2, 0) is 14.3 Å². The SMILES string of the molecule is NCC(=O)OC(=O)OCCl. The van der Waals surface area contributed by atoms with Crippen LogP contribution < -0.4 is 5.73 Å². The Bertz CT molecular complexity index is 137. The molecule has 0 aliphatic rings. The van der Waals surface area contributed by atoms with Gasteiger partial charge in [-0.25, -0.2) is 4.79 Å². The summed E-state index contributed by atoms with van der Waals surface area (Å²) in [4.78, 5) is 20.4. The molecular weight excluding hydrogens is 162 g/mol. The average Bonchev–Trinajstić information content (AvgIpc) is 1.88. The Labute approximate surface area is 62.0 Å². The minimum absolute atomic E-state index is 0.351. The van der Waals surface area contributed by atoms with Gasteiger partial charge in [0.25, 0.3) is 0 Å². The predicted molar refractivity (Wildman–Crippen MR) is 32.3 cm³/mol. The van der Waals surface area contributed by atoms with E-state index in [1.165, 1.54) is 0 Å². The summed E-state index contributed by atoms with van der Waals surface area (Å²) in [6, 6.07) is -0.351. The van der Waals surface area contributed by atoms with Crippen LogP contribution in [-0.4, -0.2) is 24.7 Å². The minimum atomic E-state index is -1.13. The topological polar surface area (TPSA) is 78.6 Å². The first-order valence-electron chi connectivity index (χ1n) is 2.34. The van der Waals surface area contributed by atoms with Crippen molar-refractivity contribution in [2.75, 3.05) is 12.6 Å². The lowest BCUT2D eigenvalue weighted by Gasteiger charge is -1.98. The molecule has 0 amide bonds. The lowest BCUT2D eigenvalue weighted by molar-refractivity contribution is -0.137. The Kier molecular flexibility index (Phi) is 4.61. The molecule has 0 spiro atoms. The highest BCUT2D eigenvalue weighted by Gasteiger charge is 2.07. The molecule has 0 unspecified atom stereocenters. The standard InChI is InChI=1S/C4H6ClNO4/c5-2-9-4(8)10-3(7)1-6/h1-2,6H2. The number of rotatable bonds is 2. The smallest absolute Gasteiger partial charge is 0.418 e. The molecule has 0 saturated carbocycles. The Morgan fingerprint density at radius 3 is 2.50 bits per heavy atom. The first kappa shape index (κ1) is 9.19. The zero-order valence-corrected chi connectivity index (χ0v) is 5.76. The minimum Gasteiger partial charge on any atom is -0.418 e. The van der Waals surface area contributed by atoms with Gasteiger partial charge in [-0.15, -0.1) is 0 Å². The molecule has 0 aliphatic heterocycles. The van der Waals surface area contributed by atoms with Crippen LogP contribution in [0.2, 0.25) is 0 Å². The van der Waals surface area contributed by atoms with E-state index in [0.29, 0.717) is 0 Å². The maximum atomic E-state index is 10.2. The van der Waals surface area contributed by atoms with Crippen molar-refractivity contribution in [3.05, 3.63) is 0 Å². The van der Waals surface area contributed by atoms with E-state index in [1.54, 1.807) is 0 Å². The molecule has 0 heterocycles. The van der Waals surface area contributed by atoms with Gasteiger partial charge in [0, 0.05) is 0 Å². The molecule has 0 bridgehead atoms. The molecule has 0 saturated heterocycles. The Morgan fingerprint density at radius 1 is 1.50 bits per heavy atom. The van der Waals surface area contributed by atoms with Crippen molar-refractivity contribution in [1.29, 1.82) is 0 Å². The number of carbonyl (C=O) groups is 2. The molecule has 58 valence electrons. The second kappa shape index (κ2) is 5.01. The Balaban J connectivity index is 3.47. The largest absolute Gasteiger partial charge is 0.517 e. The van der Waals surface area contributed by atoms with Gasteiger partial charge < -0.3 is 15.2 Å². The van der Waals surface area contributed by atoms with Gasteiger partial charge in [0.15, 0.2) is 6.07 Å². The second-order valence-corrected chi connectivity index (χ2v) is 1.40. The fourth-order valence-corrected chi connectivity index (χ4v) is 0.298. The average molecular weight is 168 g/mol. The maximum absolute atomic E-state index is 10.2. The monoisotopic (exact) mass is 167 g/mol. The molecule has 6 heteroatoms. The molecule has 2 N–H and O–H groups in total. The second-order valence-electron chi connectivity index (χ2n) is 1.18. The van der Waals surface area contributed by atoms with Crippen molar-refractivity contribution >= 4 is 23.7 Å². The summed E-state index contributed by atoms with van der Waals surface area (Å²) in [6.07, 6.45) is -1.13. The van der Waals surface area contributed by atoms with Crippen molar-refractivity contribution in [3.8, 4) is 0 Å². The molecule has 0 aromatic heterocycles. The van der Waals surface area contributed by atoms with Crippen molar-refractivity contribution in [3.63, 3.8) is 0 Å². The van der Waals surface area contributed by atoms with Crippen molar-refractivity contribution < 1.29 is 19.1 Å². The normalized spacial score (nSPS) is 8.60. The third-order valence-corrected chi connectivity index (χ3v) is 0.645. The van der Waals surface area contributed by atoms with Crippen LogP contribution in [0.15, 0.2) is 0 Å². The van der Waals surface area contributed by atoms with Crippen molar-refractivity contribution in [2.24, 2.45) is 5.73 Å². The molecular formula is C4H6ClNO4. The predicted octanol–water partition coefficient (Wildman–Crippen LogP) is -0.179. The van der Waals surface area contributed by atoms with Gasteiger partial charge in [-0.3, -0.25) is 4.79 Å². The van der Waals surface area contributed by atoms with Gasteiger partial charge in [0.2, 0.25) is 0 Å². The van der Waals surface area contributed by atoms with E-state index in [4.69, 9.17) is 17.3 Å². The summed E-state index contributed by atoms with van der Waals surface area (Å²) in [5, 5.41) is 0. The highest BCUT2D eigenvalue weighted by molar-refractivity contribution is 6.17. The molecule has 10 heavy (non-hydrogen) atoms. The van der Waals surface area contributed by atoms with Gasteiger partial charge in [-0.05, 0) is 0 Å². The van der Waals surface area contributed by atoms with E-state index in [9.17, 15) is 9.59 Å². The van der Waals surface area contributed by atoms with Crippen LogP contribution in [0.4, 0.5) is 4.79 Å². The van der Waals surface area contributed by atoms with E-state index in [2.05, 4.69) is 9.47 Å². The zero-order chi connectivity index (χ0) is 7.98. The molecule has 0 fully saturated rings. The van der Waals surface area contributed by atoms with Gasteiger partial charge in [0.05, 0.1) is 6.54 Å². The third kappa shape index (κ3) is 4.11. The van der Waals surface area contributed by atoms with Crippen LogP contribution in [0.1, 0.15) is 0 Å². The number of nitrogens with two attached hydrogens (primary N) is 1. The van der Waals surface area contributed by atoms with E-state index in [0.717, 1.165) is 0 Å². The number of hydrogen-bond acceptors (Lipinski definition) is 5. The van der Waals surface area contributed by atoms with E-state index in [-0.39, 0.29) is 12.6 Å². The summed E-state index contributed by atoms with van der Waals surface area (Å²) in [7, 11) is 0. The van der Waals surface area contributed by atoms with Crippen molar-refractivity contribution in [2.45, 2.75) is 0 Å². The van der Waals surface area contributed by atoms with E-state index < -0.39 is 12.1 Å². The third-order valence-electron chi connectivity index (χ3n) is 0.536. The summed E-state index contributed by atoms with van der Waals surface area (Å²) in [6.45, 7) is -0.364. The van der Waals surface area contributed by atoms with Gasteiger partial charge in [-0.1, -0.05) is 11.6 Å². The Hall–Kier alpha value is -0.810. The van der Waals surface area contributed by atoms with Gasteiger partial charge in [0.1, 0.15) is 0 Å². The fourth-order valence-electron chi connectivity index (χ4n) is 0.209. The van der Waals surface area contributed by atoms with Crippen LogP contribution in [0.5, 0.6) is 0 Å². The maximum Gasteiger partial charge on any atom is 0.517 e. The fraction of sp³-hybridized carbons (Fsp3) is 0.500. The molecule has 0 aromatic rings. The van der Waals surface area contributed by atoms with Crippen molar-refractivity contribution in [1.82, 2.24) is 0 Å². The number of carbonyl (C=O) groups excluding carboxylic acids is 2. The van der Waals surface area contributed by atoms with E-state index in [1.807, 2.05) is 0 Å². The van der Waals surface area contributed by atoms with Crippen LogP contribution in [0, 0.1) is 0 Å². The number of hydrogen-bond donors (Lipinski definition) is 1. The van der Waals surface area contributed by atoms with Gasteiger partial charge >= 0.3 is 12.1 Å². The molecule has 0 aromatic carbocycles. The van der Waals surface area contributed by atoms with Crippen LogP contribution >= 0.6 is 11.6 Å². The Morgan fingerprint density at radius 2 is 2.10 bits per heavy atom. The molecule has 0 rings (SSSR count). The lowest BCUT2D eigenvalue weighted by Crippen LogP contribution is -2.20. The highest BCUT2D eigenvalue weighted by atomic mass is 35.5. The van der Waals surface area contributed by atoms with Crippen LogP contribution in [0.3, 0.4) is 0 Å². The summed E-state index contributed by atoms with van der Waals surface area (Å²) in [5.74, 6) is -0.852. The quantitative estimate of drug-likeness (QED) is 0.351. The number of alkyl halides is 1. The van der Waals surface area contributed by atoms with Crippen LogP contribution in [0.25, 0.3) is 0 Å². The first-order valence-corrected chi connectivity index (χ1v) is 2.87. The highest BCUT2D eigenvalue weighted by Crippen LogP contribution is 1.86. The number of ether oxygens (including phenoxy) is 2. The summed E-state index contributed by atoms with van der Waals surface area (Å²) in [5.41, 5.74) is 4.80. The molecule has 0 atom stereocenters. The number of esters is 1. The number of halogens is 1. The zero-order valence-electron chi connectivity index (χ0n) is 5.00. The van der Waals surface area contributed by atoms with E-state index >= 15 is 0 Å². The molecule has 5 nitrogen and oxygen atoms in total. The first-order chi connectivity index (χ1) is 4.70. The molecule has 0 radical (unpaired) electrons. The summed E-state index contributed by atoms with van der Waals surface area (Å²) < 4.78 is 7.97. The lowest BCUT2D eigenvalue weighted by atomic mass is 10.7. The molecule has 0 aliphatic carbocycles. The van der Waals surface area contributed by atoms with Gasteiger partial charge in [-0.2, -0.15) is 0 Å².